The van der Waals surface area contributed by atoms with Gasteiger partial charge in [-0.3, -0.25) is 4.79 Å². The molecule has 0 saturated heterocycles. The van der Waals surface area contributed by atoms with E-state index >= 15 is 0 Å². The molecule has 0 aromatic carbocycles. The van der Waals surface area contributed by atoms with E-state index in [-0.39, 0.29) is 5.56 Å². The SMILES string of the molecule is Cn1ccnc(NCc2cscn2)c1=O. The number of anilines is 1. The molecule has 0 atom stereocenters. The summed E-state index contributed by atoms with van der Waals surface area (Å²) in [6.45, 7) is 0.524. The Hall–Kier alpha value is -1.69. The van der Waals surface area contributed by atoms with Crippen molar-refractivity contribution in [1.82, 2.24) is 14.5 Å². The molecule has 0 aliphatic carbocycles. The van der Waals surface area contributed by atoms with Gasteiger partial charge in [0.05, 0.1) is 17.7 Å². The molecule has 5 nitrogen and oxygen atoms in total. The van der Waals surface area contributed by atoms with Gasteiger partial charge in [-0.15, -0.1) is 11.3 Å². The lowest BCUT2D eigenvalue weighted by atomic mass is 10.5. The third kappa shape index (κ3) is 2.21. The lowest BCUT2D eigenvalue weighted by molar-refractivity contribution is 0.838. The third-order valence-corrected chi connectivity index (χ3v) is 2.57. The van der Waals surface area contributed by atoms with Gasteiger partial charge in [-0.2, -0.15) is 0 Å². The molecule has 2 aromatic rings. The molecule has 1 N–H and O–H groups in total. The summed E-state index contributed by atoms with van der Waals surface area (Å²) < 4.78 is 1.48. The van der Waals surface area contributed by atoms with Crippen LogP contribution < -0.4 is 10.9 Å². The molecule has 0 aliphatic heterocycles. The summed E-state index contributed by atoms with van der Waals surface area (Å²) in [4.78, 5) is 19.6. The quantitative estimate of drug-likeness (QED) is 0.836. The van der Waals surface area contributed by atoms with Gasteiger partial charge in [-0.1, -0.05) is 0 Å². The van der Waals surface area contributed by atoms with E-state index in [4.69, 9.17) is 0 Å². The average molecular weight is 222 g/mol. The predicted molar refractivity (Wildman–Crippen MR) is 58.9 cm³/mol. The zero-order valence-corrected chi connectivity index (χ0v) is 8.99. The first kappa shape index (κ1) is 9.85. The lowest BCUT2D eigenvalue weighted by Gasteiger charge is -2.03. The summed E-state index contributed by atoms with van der Waals surface area (Å²) >= 11 is 1.53. The molecule has 0 bridgehead atoms. The fourth-order valence-corrected chi connectivity index (χ4v) is 1.68. The van der Waals surface area contributed by atoms with Crippen LogP contribution in [0.25, 0.3) is 0 Å². The minimum Gasteiger partial charge on any atom is -0.360 e. The first-order valence-electron chi connectivity index (χ1n) is 4.40. The fraction of sp³-hybridized carbons (Fsp3) is 0.222. The van der Waals surface area contributed by atoms with E-state index in [1.165, 1.54) is 15.9 Å². The highest BCUT2D eigenvalue weighted by Gasteiger charge is 2.02. The Labute approximate surface area is 90.4 Å². The van der Waals surface area contributed by atoms with Gasteiger partial charge < -0.3 is 9.88 Å². The second kappa shape index (κ2) is 4.22. The Morgan fingerprint density at radius 2 is 2.40 bits per heavy atom. The van der Waals surface area contributed by atoms with E-state index in [0.29, 0.717) is 12.4 Å². The van der Waals surface area contributed by atoms with Gasteiger partial charge in [-0.05, 0) is 0 Å². The molecule has 2 aromatic heterocycles. The van der Waals surface area contributed by atoms with Crippen LogP contribution in [0.2, 0.25) is 0 Å². The van der Waals surface area contributed by atoms with Crippen LogP contribution in [0.4, 0.5) is 5.82 Å². The van der Waals surface area contributed by atoms with Gasteiger partial charge in [0, 0.05) is 24.8 Å². The molecule has 0 unspecified atom stereocenters. The van der Waals surface area contributed by atoms with Crippen molar-refractivity contribution in [2.75, 3.05) is 5.32 Å². The molecular weight excluding hydrogens is 212 g/mol. The molecule has 78 valence electrons. The van der Waals surface area contributed by atoms with E-state index in [1.807, 2.05) is 5.38 Å². The maximum Gasteiger partial charge on any atom is 0.293 e. The molecule has 0 saturated carbocycles. The molecule has 2 rings (SSSR count). The molecule has 0 spiro atoms. The van der Waals surface area contributed by atoms with E-state index in [2.05, 4.69) is 15.3 Å². The predicted octanol–water partition coefficient (Wildman–Crippen LogP) is 0.849. The number of hydrogen-bond acceptors (Lipinski definition) is 5. The Balaban J connectivity index is 2.12. The second-order valence-electron chi connectivity index (χ2n) is 3.03. The normalized spacial score (nSPS) is 10.2. The minimum absolute atomic E-state index is 0.132. The number of thiazole rings is 1. The Morgan fingerprint density at radius 3 is 3.13 bits per heavy atom. The Morgan fingerprint density at radius 1 is 1.53 bits per heavy atom. The minimum atomic E-state index is -0.132. The fourth-order valence-electron chi connectivity index (χ4n) is 1.12. The Kier molecular flexibility index (Phi) is 2.77. The largest absolute Gasteiger partial charge is 0.360 e. The summed E-state index contributed by atoms with van der Waals surface area (Å²) in [5, 5.41) is 4.89. The molecule has 2 heterocycles. The van der Waals surface area contributed by atoms with E-state index in [1.54, 1.807) is 25.0 Å². The molecule has 15 heavy (non-hydrogen) atoms. The average Bonchev–Trinajstić information content (AvgIpc) is 2.73. The first-order valence-corrected chi connectivity index (χ1v) is 5.34. The van der Waals surface area contributed by atoms with Crippen LogP contribution >= 0.6 is 11.3 Å². The van der Waals surface area contributed by atoms with E-state index in [0.717, 1.165) is 5.69 Å². The molecule has 0 aliphatic rings. The number of aromatic nitrogens is 3. The maximum absolute atomic E-state index is 11.5. The monoisotopic (exact) mass is 222 g/mol. The lowest BCUT2D eigenvalue weighted by Crippen LogP contribution is -2.21. The van der Waals surface area contributed by atoms with Gasteiger partial charge in [-0.25, -0.2) is 9.97 Å². The summed E-state index contributed by atoms with van der Waals surface area (Å²) in [7, 11) is 1.69. The van der Waals surface area contributed by atoms with Crippen molar-refractivity contribution in [3.05, 3.63) is 39.3 Å². The van der Waals surface area contributed by atoms with Crippen molar-refractivity contribution < 1.29 is 0 Å². The molecule has 0 amide bonds. The third-order valence-electron chi connectivity index (χ3n) is 1.94. The van der Waals surface area contributed by atoms with Crippen LogP contribution in [-0.4, -0.2) is 14.5 Å². The van der Waals surface area contributed by atoms with Crippen LogP contribution in [0.15, 0.2) is 28.1 Å². The molecular formula is C9H10N4OS. The number of nitrogens with zero attached hydrogens (tertiary/aromatic N) is 3. The number of aryl methyl sites for hydroxylation is 1. The zero-order valence-electron chi connectivity index (χ0n) is 8.17. The van der Waals surface area contributed by atoms with Crippen molar-refractivity contribution in [2.24, 2.45) is 7.05 Å². The van der Waals surface area contributed by atoms with E-state index in [9.17, 15) is 4.79 Å². The number of nitrogens with one attached hydrogen (secondary N) is 1. The van der Waals surface area contributed by atoms with Crippen molar-refractivity contribution in [3.8, 4) is 0 Å². The standard InChI is InChI=1S/C9H10N4OS/c1-13-3-2-10-8(9(13)14)11-4-7-5-15-6-12-7/h2-3,5-6H,4H2,1H3,(H,10,11). The van der Waals surface area contributed by atoms with Gasteiger partial charge in [0.15, 0.2) is 5.82 Å². The summed E-state index contributed by atoms with van der Waals surface area (Å²) in [6, 6.07) is 0. The van der Waals surface area contributed by atoms with Gasteiger partial charge in [0.2, 0.25) is 0 Å². The van der Waals surface area contributed by atoms with Crippen molar-refractivity contribution in [1.29, 1.82) is 0 Å². The number of hydrogen-bond donors (Lipinski definition) is 1. The van der Waals surface area contributed by atoms with Crippen molar-refractivity contribution in [2.45, 2.75) is 6.54 Å². The molecule has 0 fully saturated rings. The van der Waals surface area contributed by atoms with Crippen molar-refractivity contribution >= 4 is 17.2 Å². The molecule has 0 radical (unpaired) electrons. The zero-order chi connectivity index (χ0) is 10.7. The maximum atomic E-state index is 11.5. The molecule has 6 heteroatoms. The first-order chi connectivity index (χ1) is 7.27. The van der Waals surface area contributed by atoms with Gasteiger partial charge in [0.25, 0.3) is 5.56 Å². The van der Waals surface area contributed by atoms with Crippen LogP contribution in [0.5, 0.6) is 0 Å². The van der Waals surface area contributed by atoms with E-state index < -0.39 is 0 Å². The topological polar surface area (TPSA) is 59.8 Å². The summed E-state index contributed by atoms with van der Waals surface area (Å²) in [5.41, 5.74) is 2.54. The summed E-state index contributed by atoms with van der Waals surface area (Å²) in [5.74, 6) is 0.355. The Bertz CT molecular complexity index is 491. The smallest absolute Gasteiger partial charge is 0.293 e. The number of rotatable bonds is 3. The van der Waals surface area contributed by atoms with Crippen LogP contribution in [0, 0.1) is 0 Å². The summed E-state index contributed by atoms with van der Waals surface area (Å²) in [6.07, 6.45) is 3.21. The van der Waals surface area contributed by atoms with Crippen LogP contribution in [-0.2, 0) is 13.6 Å². The second-order valence-corrected chi connectivity index (χ2v) is 3.74. The van der Waals surface area contributed by atoms with Gasteiger partial charge in [0.1, 0.15) is 0 Å². The van der Waals surface area contributed by atoms with Crippen LogP contribution in [0.1, 0.15) is 5.69 Å². The highest BCUT2D eigenvalue weighted by atomic mass is 32.1. The van der Waals surface area contributed by atoms with Crippen LogP contribution in [0.3, 0.4) is 0 Å². The highest BCUT2D eigenvalue weighted by molar-refractivity contribution is 7.07. The van der Waals surface area contributed by atoms with Crippen molar-refractivity contribution in [3.63, 3.8) is 0 Å². The van der Waals surface area contributed by atoms with Gasteiger partial charge >= 0.3 is 0 Å². The highest BCUT2D eigenvalue weighted by Crippen LogP contribution is 2.02.